The number of thiazole rings is 1. The van der Waals surface area contributed by atoms with Crippen LogP contribution in [-0.2, 0) is 13.6 Å². The molecule has 6 nitrogen and oxygen atoms in total. The molecule has 0 bridgehead atoms. The van der Waals surface area contributed by atoms with Crippen molar-refractivity contribution in [1.82, 2.24) is 25.0 Å². The molecule has 0 aliphatic heterocycles. The third-order valence-electron chi connectivity index (χ3n) is 2.99. The molecule has 2 heterocycles. The van der Waals surface area contributed by atoms with Gasteiger partial charge in [-0.05, 0) is 6.42 Å². The van der Waals surface area contributed by atoms with Crippen LogP contribution in [0.3, 0.4) is 0 Å². The lowest BCUT2D eigenvalue weighted by atomic mass is 10.3. The molecule has 2 aromatic rings. The Hall–Kier alpha value is -1.54. The van der Waals surface area contributed by atoms with E-state index in [0.717, 1.165) is 35.6 Å². The van der Waals surface area contributed by atoms with Gasteiger partial charge in [0.2, 0.25) is 0 Å². The van der Waals surface area contributed by atoms with E-state index in [1.54, 1.807) is 23.1 Å². The standard InChI is InChI=1S/C14H22N6S2/c1-15-13(19(2)10-12-9-18-20(3)11-12)16-5-4-7-21-14-17-6-8-22-14/h6,8-9,11H,4-5,7,10H2,1-3H3,(H,15,16). The van der Waals surface area contributed by atoms with Crippen molar-refractivity contribution in [3.63, 3.8) is 0 Å². The molecule has 0 spiro atoms. The van der Waals surface area contributed by atoms with Gasteiger partial charge in [0.15, 0.2) is 5.96 Å². The Morgan fingerprint density at radius 1 is 1.55 bits per heavy atom. The van der Waals surface area contributed by atoms with E-state index in [2.05, 4.69) is 25.3 Å². The Morgan fingerprint density at radius 3 is 3.05 bits per heavy atom. The quantitative estimate of drug-likeness (QED) is 0.362. The van der Waals surface area contributed by atoms with Crippen LogP contribution in [0.15, 0.2) is 33.3 Å². The van der Waals surface area contributed by atoms with Gasteiger partial charge in [-0.15, -0.1) is 11.3 Å². The molecule has 0 saturated heterocycles. The smallest absolute Gasteiger partial charge is 0.193 e. The summed E-state index contributed by atoms with van der Waals surface area (Å²) in [5.74, 6) is 1.97. The van der Waals surface area contributed by atoms with Crippen LogP contribution in [0.25, 0.3) is 0 Å². The first-order chi connectivity index (χ1) is 10.7. The van der Waals surface area contributed by atoms with Gasteiger partial charge >= 0.3 is 0 Å². The van der Waals surface area contributed by atoms with Crippen molar-refractivity contribution in [2.24, 2.45) is 12.0 Å². The number of aliphatic imine (C=N–C) groups is 1. The van der Waals surface area contributed by atoms with E-state index in [4.69, 9.17) is 0 Å². The summed E-state index contributed by atoms with van der Waals surface area (Å²) < 4.78 is 2.95. The van der Waals surface area contributed by atoms with E-state index in [1.165, 1.54) is 5.56 Å². The number of thioether (sulfide) groups is 1. The molecule has 8 heteroatoms. The second-order valence-corrected chi connectivity index (χ2v) is 7.09. The summed E-state index contributed by atoms with van der Waals surface area (Å²) in [6, 6.07) is 0. The maximum absolute atomic E-state index is 4.33. The fourth-order valence-corrected chi connectivity index (χ4v) is 3.65. The van der Waals surface area contributed by atoms with Crippen molar-refractivity contribution in [1.29, 1.82) is 0 Å². The molecule has 1 N–H and O–H groups in total. The molecule has 0 atom stereocenters. The van der Waals surface area contributed by atoms with Crippen molar-refractivity contribution in [2.45, 2.75) is 17.3 Å². The minimum absolute atomic E-state index is 0.793. The number of aryl methyl sites for hydroxylation is 1. The van der Waals surface area contributed by atoms with Crippen LogP contribution in [0.2, 0.25) is 0 Å². The van der Waals surface area contributed by atoms with E-state index < -0.39 is 0 Å². The van der Waals surface area contributed by atoms with Crippen molar-refractivity contribution in [2.75, 3.05) is 26.4 Å². The molecule has 0 fully saturated rings. The molecule has 0 saturated carbocycles. The summed E-state index contributed by atoms with van der Waals surface area (Å²) in [7, 11) is 5.77. The van der Waals surface area contributed by atoms with Crippen LogP contribution in [0.1, 0.15) is 12.0 Å². The van der Waals surface area contributed by atoms with E-state index in [0.29, 0.717) is 0 Å². The van der Waals surface area contributed by atoms with Crippen molar-refractivity contribution in [3.8, 4) is 0 Å². The molecule has 0 amide bonds. The third-order valence-corrected chi connectivity index (χ3v) is 5.04. The lowest BCUT2D eigenvalue weighted by Gasteiger charge is -2.21. The van der Waals surface area contributed by atoms with E-state index in [1.807, 2.05) is 49.8 Å². The molecule has 2 aromatic heterocycles. The molecule has 120 valence electrons. The van der Waals surface area contributed by atoms with Crippen LogP contribution in [0.4, 0.5) is 0 Å². The average Bonchev–Trinajstić information content (AvgIpc) is 3.14. The van der Waals surface area contributed by atoms with Gasteiger partial charge in [-0.1, -0.05) is 11.8 Å². The van der Waals surface area contributed by atoms with Crippen LogP contribution in [-0.4, -0.2) is 52.0 Å². The monoisotopic (exact) mass is 338 g/mol. The molecular formula is C14H22N6S2. The van der Waals surface area contributed by atoms with E-state index >= 15 is 0 Å². The Labute approximate surface area is 139 Å². The maximum atomic E-state index is 4.33. The summed E-state index contributed by atoms with van der Waals surface area (Å²) in [5.41, 5.74) is 1.17. The summed E-state index contributed by atoms with van der Waals surface area (Å²) in [5, 5.41) is 9.59. The van der Waals surface area contributed by atoms with Gasteiger partial charge in [0, 0.05) is 63.3 Å². The number of guanidine groups is 1. The Balaban J connectivity index is 1.68. The lowest BCUT2D eigenvalue weighted by molar-refractivity contribution is 0.476. The minimum Gasteiger partial charge on any atom is -0.356 e. The zero-order valence-corrected chi connectivity index (χ0v) is 14.8. The van der Waals surface area contributed by atoms with Gasteiger partial charge in [0.1, 0.15) is 4.34 Å². The Bertz CT molecular complexity index is 578. The van der Waals surface area contributed by atoms with Crippen LogP contribution >= 0.6 is 23.1 Å². The molecular weight excluding hydrogens is 316 g/mol. The summed E-state index contributed by atoms with van der Waals surface area (Å²) >= 11 is 3.49. The van der Waals surface area contributed by atoms with E-state index in [-0.39, 0.29) is 0 Å². The molecule has 0 radical (unpaired) electrons. The highest BCUT2D eigenvalue weighted by atomic mass is 32.2. The van der Waals surface area contributed by atoms with Gasteiger partial charge < -0.3 is 10.2 Å². The third kappa shape index (κ3) is 5.34. The SMILES string of the molecule is CN=C(NCCCSc1nccs1)N(C)Cc1cnn(C)c1. The lowest BCUT2D eigenvalue weighted by Crippen LogP contribution is -2.38. The van der Waals surface area contributed by atoms with Gasteiger partial charge in [-0.25, -0.2) is 4.98 Å². The number of nitrogens with one attached hydrogen (secondary N) is 1. The maximum Gasteiger partial charge on any atom is 0.193 e. The highest BCUT2D eigenvalue weighted by Gasteiger charge is 2.07. The zero-order chi connectivity index (χ0) is 15.8. The predicted molar refractivity (Wildman–Crippen MR) is 93.5 cm³/mol. The fourth-order valence-electron chi connectivity index (χ4n) is 2.00. The van der Waals surface area contributed by atoms with Crippen molar-refractivity contribution >= 4 is 29.1 Å². The molecule has 0 aliphatic carbocycles. The van der Waals surface area contributed by atoms with Crippen molar-refractivity contribution in [3.05, 3.63) is 29.5 Å². The first-order valence-corrected chi connectivity index (χ1v) is 8.97. The molecule has 0 aromatic carbocycles. The number of nitrogens with zero attached hydrogens (tertiary/aromatic N) is 5. The second-order valence-electron chi connectivity index (χ2n) is 4.85. The summed E-state index contributed by atoms with van der Waals surface area (Å²) in [6.45, 7) is 1.70. The van der Waals surface area contributed by atoms with Crippen LogP contribution < -0.4 is 5.32 Å². The number of hydrogen-bond donors (Lipinski definition) is 1. The van der Waals surface area contributed by atoms with Crippen LogP contribution in [0, 0.1) is 0 Å². The highest BCUT2D eigenvalue weighted by molar-refractivity contribution is 8.00. The van der Waals surface area contributed by atoms with Gasteiger partial charge in [0.25, 0.3) is 0 Å². The predicted octanol–water partition coefficient (Wildman–Crippen LogP) is 2.07. The Morgan fingerprint density at radius 2 is 2.41 bits per heavy atom. The fraction of sp³-hybridized carbons (Fsp3) is 0.500. The summed E-state index contributed by atoms with van der Waals surface area (Å²) in [4.78, 5) is 10.7. The zero-order valence-electron chi connectivity index (χ0n) is 13.2. The number of aromatic nitrogens is 3. The van der Waals surface area contributed by atoms with Gasteiger partial charge in [-0.2, -0.15) is 5.10 Å². The highest BCUT2D eigenvalue weighted by Crippen LogP contribution is 2.20. The molecule has 22 heavy (non-hydrogen) atoms. The molecule has 2 rings (SSSR count). The number of rotatable bonds is 7. The normalized spacial score (nSPS) is 11.7. The van der Waals surface area contributed by atoms with Gasteiger partial charge in [0.05, 0.1) is 6.20 Å². The first kappa shape index (κ1) is 16.8. The average molecular weight is 339 g/mol. The molecule has 0 aliphatic rings. The largest absolute Gasteiger partial charge is 0.356 e. The topological polar surface area (TPSA) is 58.3 Å². The first-order valence-electron chi connectivity index (χ1n) is 7.10. The van der Waals surface area contributed by atoms with Gasteiger partial charge in [-0.3, -0.25) is 9.67 Å². The van der Waals surface area contributed by atoms with Crippen LogP contribution in [0.5, 0.6) is 0 Å². The minimum atomic E-state index is 0.793. The number of hydrogen-bond acceptors (Lipinski definition) is 5. The summed E-state index contributed by atoms with van der Waals surface area (Å²) in [6.07, 6.45) is 6.83. The van der Waals surface area contributed by atoms with Crippen molar-refractivity contribution < 1.29 is 0 Å². The van der Waals surface area contributed by atoms with E-state index in [9.17, 15) is 0 Å². The molecule has 0 unspecified atom stereocenters. The second kappa shape index (κ2) is 8.79. The Kier molecular flexibility index (Phi) is 6.73.